The van der Waals surface area contributed by atoms with Gasteiger partial charge < -0.3 is 10.4 Å². The van der Waals surface area contributed by atoms with Gasteiger partial charge in [-0.3, -0.25) is 14.3 Å². The van der Waals surface area contributed by atoms with E-state index in [-0.39, 0.29) is 5.91 Å². The van der Waals surface area contributed by atoms with Gasteiger partial charge >= 0.3 is 5.97 Å². The first-order valence-corrected chi connectivity index (χ1v) is 6.53. The fourth-order valence-electron chi connectivity index (χ4n) is 2.52. The zero-order valence-electron chi connectivity index (χ0n) is 10.7. The number of carboxylic acid groups (broad SMARTS) is 1. The average Bonchev–Trinajstić information content (AvgIpc) is 2.91. The summed E-state index contributed by atoms with van der Waals surface area (Å²) in [7, 11) is 0. The van der Waals surface area contributed by atoms with Gasteiger partial charge in [0.25, 0.3) is 0 Å². The third-order valence-electron chi connectivity index (χ3n) is 3.53. The number of carboxylic acids is 1. The number of aliphatic carboxylic acids is 1. The minimum absolute atomic E-state index is 0.160. The summed E-state index contributed by atoms with van der Waals surface area (Å²) in [6.07, 6.45) is 6.35. The Labute approximate surface area is 111 Å². The molecular formula is C12H18N4O3. The second kappa shape index (κ2) is 6.31. The third kappa shape index (κ3) is 3.52. The maximum atomic E-state index is 12.0. The summed E-state index contributed by atoms with van der Waals surface area (Å²) in [4.78, 5) is 23.1. The molecule has 0 aliphatic heterocycles. The van der Waals surface area contributed by atoms with Gasteiger partial charge in [-0.15, -0.1) is 5.10 Å². The number of nitrogens with zero attached hydrogens (tertiary/aromatic N) is 3. The lowest BCUT2D eigenvalue weighted by Gasteiger charge is -2.27. The molecular weight excluding hydrogens is 248 g/mol. The Morgan fingerprint density at radius 3 is 2.68 bits per heavy atom. The molecule has 1 aliphatic carbocycles. The monoisotopic (exact) mass is 266 g/mol. The minimum Gasteiger partial charge on any atom is -0.481 e. The van der Waals surface area contributed by atoms with E-state index >= 15 is 0 Å². The number of aromatic nitrogens is 3. The van der Waals surface area contributed by atoms with Gasteiger partial charge in [-0.25, -0.2) is 0 Å². The molecule has 7 heteroatoms. The first-order valence-electron chi connectivity index (χ1n) is 6.53. The summed E-state index contributed by atoms with van der Waals surface area (Å²) in [5, 5.41) is 19.4. The van der Waals surface area contributed by atoms with E-state index in [2.05, 4.69) is 15.6 Å². The van der Waals surface area contributed by atoms with Crippen molar-refractivity contribution >= 4 is 11.9 Å². The number of carbonyl (C=O) groups excluding carboxylic acids is 1. The molecule has 1 amide bonds. The van der Waals surface area contributed by atoms with Gasteiger partial charge in [0.05, 0.1) is 24.6 Å². The van der Waals surface area contributed by atoms with Crippen LogP contribution in [0.2, 0.25) is 0 Å². The largest absolute Gasteiger partial charge is 0.481 e. The van der Waals surface area contributed by atoms with Crippen molar-refractivity contribution in [2.75, 3.05) is 6.54 Å². The van der Waals surface area contributed by atoms with Gasteiger partial charge in [0.2, 0.25) is 5.91 Å². The predicted octanol–water partition coefficient (Wildman–Crippen LogP) is 0.285. The molecule has 1 aromatic rings. The highest BCUT2D eigenvalue weighted by atomic mass is 16.4. The van der Waals surface area contributed by atoms with Crippen molar-refractivity contribution in [1.29, 1.82) is 0 Å². The molecule has 0 saturated heterocycles. The topological polar surface area (TPSA) is 97.1 Å². The number of carbonyl (C=O) groups is 2. The van der Waals surface area contributed by atoms with Crippen LogP contribution in [-0.2, 0) is 16.1 Å². The number of hydrogen-bond donors (Lipinski definition) is 2. The number of amides is 1. The van der Waals surface area contributed by atoms with Gasteiger partial charge in [-0.05, 0) is 12.8 Å². The Bertz CT molecular complexity index is 432. The molecule has 1 fully saturated rings. The van der Waals surface area contributed by atoms with Crippen LogP contribution in [0.25, 0.3) is 0 Å². The summed E-state index contributed by atoms with van der Waals surface area (Å²) < 4.78 is 1.62. The van der Waals surface area contributed by atoms with Crippen LogP contribution in [0, 0.1) is 11.8 Å². The van der Waals surface area contributed by atoms with Crippen molar-refractivity contribution in [3.05, 3.63) is 12.4 Å². The van der Waals surface area contributed by atoms with Crippen LogP contribution in [0.3, 0.4) is 0 Å². The SMILES string of the molecule is O=C(O)C1CCCCC1C(=O)NCCn1ccnn1. The second-order valence-electron chi connectivity index (χ2n) is 4.79. The van der Waals surface area contributed by atoms with Crippen LogP contribution in [0.15, 0.2) is 12.4 Å². The van der Waals surface area contributed by atoms with Crippen molar-refractivity contribution in [2.45, 2.75) is 32.2 Å². The number of nitrogens with one attached hydrogen (secondary N) is 1. The molecule has 104 valence electrons. The van der Waals surface area contributed by atoms with Crippen molar-refractivity contribution in [3.63, 3.8) is 0 Å². The highest BCUT2D eigenvalue weighted by Gasteiger charge is 2.35. The number of rotatable bonds is 5. The van der Waals surface area contributed by atoms with Crippen LogP contribution >= 0.6 is 0 Å². The van der Waals surface area contributed by atoms with Crippen molar-refractivity contribution < 1.29 is 14.7 Å². The van der Waals surface area contributed by atoms with E-state index < -0.39 is 17.8 Å². The maximum absolute atomic E-state index is 12.0. The first kappa shape index (κ1) is 13.5. The standard InChI is InChI=1S/C12H18N4O3/c17-11(13-5-7-16-8-6-14-15-16)9-3-1-2-4-10(9)12(18)19/h6,8-10H,1-5,7H2,(H,13,17)(H,18,19). The lowest BCUT2D eigenvalue weighted by Crippen LogP contribution is -2.40. The zero-order valence-corrected chi connectivity index (χ0v) is 10.7. The van der Waals surface area contributed by atoms with Crippen molar-refractivity contribution in [1.82, 2.24) is 20.3 Å². The van der Waals surface area contributed by atoms with E-state index in [1.807, 2.05) is 0 Å². The summed E-state index contributed by atoms with van der Waals surface area (Å²) in [5.41, 5.74) is 0. The lowest BCUT2D eigenvalue weighted by molar-refractivity contribution is -0.148. The molecule has 2 unspecified atom stereocenters. The summed E-state index contributed by atoms with van der Waals surface area (Å²) in [6.45, 7) is 0.973. The van der Waals surface area contributed by atoms with Gasteiger partial charge in [0.1, 0.15) is 0 Å². The Balaban J connectivity index is 1.82. The van der Waals surface area contributed by atoms with Gasteiger partial charge in [0, 0.05) is 12.7 Å². The number of hydrogen-bond acceptors (Lipinski definition) is 4. The molecule has 1 aliphatic rings. The summed E-state index contributed by atoms with van der Waals surface area (Å²) in [6, 6.07) is 0. The molecule has 2 N–H and O–H groups in total. The Morgan fingerprint density at radius 1 is 1.32 bits per heavy atom. The molecule has 1 saturated carbocycles. The Morgan fingerprint density at radius 2 is 2.05 bits per heavy atom. The van der Waals surface area contributed by atoms with Gasteiger partial charge in [-0.1, -0.05) is 18.1 Å². The molecule has 7 nitrogen and oxygen atoms in total. The highest BCUT2D eigenvalue weighted by molar-refractivity contribution is 5.84. The van der Waals surface area contributed by atoms with Crippen LogP contribution in [0.5, 0.6) is 0 Å². The van der Waals surface area contributed by atoms with Crippen LogP contribution in [-0.4, -0.2) is 38.5 Å². The normalized spacial score (nSPS) is 22.9. The van der Waals surface area contributed by atoms with E-state index in [0.29, 0.717) is 25.9 Å². The van der Waals surface area contributed by atoms with Crippen LogP contribution < -0.4 is 5.32 Å². The maximum Gasteiger partial charge on any atom is 0.307 e. The molecule has 2 rings (SSSR count). The third-order valence-corrected chi connectivity index (χ3v) is 3.53. The lowest BCUT2D eigenvalue weighted by atomic mass is 9.79. The van der Waals surface area contributed by atoms with Gasteiger partial charge in [-0.2, -0.15) is 0 Å². The quantitative estimate of drug-likeness (QED) is 0.798. The van der Waals surface area contributed by atoms with E-state index in [1.54, 1.807) is 17.1 Å². The molecule has 0 radical (unpaired) electrons. The first-order chi connectivity index (χ1) is 9.18. The molecule has 0 aromatic carbocycles. The van der Waals surface area contributed by atoms with E-state index in [4.69, 9.17) is 5.11 Å². The minimum atomic E-state index is -0.865. The molecule has 1 heterocycles. The fourth-order valence-corrected chi connectivity index (χ4v) is 2.52. The van der Waals surface area contributed by atoms with Crippen LogP contribution in [0.1, 0.15) is 25.7 Å². The van der Waals surface area contributed by atoms with E-state index in [1.165, 1.54) is 0 Å². The second-order valence-corrected chi connectivity index (χ2v) is 4.79. The Hall–Kier alpha value is -1.92. The van der Waals surface area contributed by atoms with E-state index in [0.717, 1.165) is 12.8 Å². The molecule has 19 heavy (non-hydrogen) atoms. The van der Waals surface area contributed by atoms with Crippen molar-refractivity contribution in [3.8, 4) is 0 Å². The summed E-state index contributed by atoms with van der Waals surface area (Å²) >= 11 is 0. The molecule has 2 atom stereocenters. The van der Waals surface area contributed by atoms with Gasteiger partial charge in [0.15, 0.2) is 0 Å². The average molecular weight is 266 g/mol. The Kier molecular flexibility index (Phi) is 4.48. The zero-order chi connectivity index (χ0) is 13.7. The van der Waals surface area contributed by atoms with E-state index in [9.17, 15) is 9.59 Å². The smallest absolute Gasteiger partial charge is 0.307 e. The van der Waals surface area contributed by atoms with Crippen LogP contribution in [0.4, 0.5) is 0 Å². The highest BCUT2D eigenvalue weighted by Crippen LogP contribution is 2.30. The van der Waals surface area contributed by atoms with Crippen molar-refractivity contribution in [2.24, 2.45) is 11.8 Å². The molecule has 0 bridgehead atoms. The summed E-state index contributed by atoms with van der Waals surface area (Å²) in [5.74, 6) is -1.97. The fraction of sp³-hybridized carbons (Fsp3) is 0.667. The molecule has 1 aromatic heterocycles. The predicted molar refractivity (Wildman–Crippen MR) is 66.1 cm³/mol. The molecule has 0 spiro atoms.